The summed E-state index contributed by atoms with van der Waals surface area (Å²) in [4.78, 5) is 24.6. The van der Waals surface area contributed by atoms with Crippen molar-refractivity contribution in [3.8, 4) is 0 Å². The number of piperazine rings is 1. The van der Waals surface area contributed by atoms with E-state index in [0.29, 0.717) is 18.7 Å². The Hall–Kier alpha value is -2.67. The first-order valence-electron chi connectivity index (χ1n) is 7.65. The lowest BCUT2D eigenvalue weighted by molar-refractivity contribution is 0.0536. The van der Waals surface area contributed by atoms with E-state index < -0.39 is 0 Å². The number of likely N-dealkylation sites (N-methyl/N-ethyl adjacent to an activating group) is 1. The van der Waals surface area contributed by atoms with Crippen molar-refractivity contribution in [1.82, 2.24) is 30.0 Å². The third-order valence-electron chi connectivity index (χ3n) is 4.48. The molecule has 118 valence electrons. The van der Waals surface area contributed by atoms with Gasteiger partial charge in [0.15, 0.2) is 0 Å². The van der Waals surface area contributed by atoms with E-state index >= 15 is 0 Å². The van der Waals surface area contributed by atoms with Crippen molar-refractivity contribution in [1.29, 1.82) is 0 Å². The van der Waals surface area contributed by atoms with E-state index in [2.05, 4.69) is 32.1 Å². The number of rotatable bonds is 2. The first kappa shape index (κ1) is 14.0. The van der Waals surface area contributed by atoms with Crippen LogP contribution in [0.25, 0.3) is 10.9 Å². The number of fused-ring (bicyclic) bond motifs is 1. The van der Waals surface area contributed by atoms with E-state index in [0.717, 1.165) is 23.3 Å². The molecule has 1 saturated heterocycles. The summed E-state index contributed by atoms with van der Waals surface area (Å²) in [6, 6.07) is 5.78. The highest BCUT2D eigenvalue weighted by molar-refractivity contribution is 6.05. The minimum atomic E-state index is 0.0320. The predicted molar refractivity (Wildman–Crippen MR) is 86.0 cm³/mol. The minimum absolute atomic E-state index is 0.0320. The summed E-state index contributed by atoms with van der Waals surface area (Å²) in [7, 11) is 2.06. The second-order valence-electron chi connectivity index (χ2n) is 5.86. The van der Waals surface area contributed by atoms with Gasteiger partial charge in [0.2, 0.25) is 0 Å². The Bertz CT molecular complexity index is 824. The molecule has 0 radical (unpaired) electrons. The smallest absolute Gasteiger partial charge is 0.256 e. The molecule has 2 aromatic heterocycles. The number of amides is 1. The predicted octanol–water partition coefficient (Wildman–Crippen LogP) is 1.41. The van der Waals surface area contributed by atoms with Gasteiger partial charge in [-0.2, -0.15) is 5.10 Å². The maximum atomic E-state index is 13.0. The van der Waals surface area contributed by atoms with Crippen molar-refractivity contribution in [2.45, 2.75) is 6.04 Å². The van der Waals surface area contributed by atoms with Crippen LogP contribution in [0.1, 0.15) is 22.2 Å². The molecule has 1 amide bonds. The van der Waals surface area contributed by atoms with Gasteiger partial charge in [-0.3, -0.25) is 14.8 Å². The molecule has 23 heavy (non-hydrogen) atoms. The number of benzene rings is 1. The Balaban J connectivity index is 1.62. The Morgan fingerprint density at radius 1 is 1.35 bits per heavy atom. The van der Waals surface area contributed by atoms with Gasteiger partial charge in [-0.15, -0.1) is 0 Å². The molecular weight excluding hydrogens is 292 g/mol. The number of hydrogen-bond donors (Lipinski definition) is 2. The summed E-state index contributed by atoms with van der Waals surface area (Å²) in [5.41, 5.74) is 1.47. The quantitative estimate of drug-likeness (QED) is 0.750. The van der Waals surface area contributed by atoms with E-state index in [1.54, 1.807) is 12.4 Å². The molecule has 0 saturated carbocycles. The number of nitrogens with zero attached hydrogens (tertiary/aromatic N) is 4. The Kier molecular flexibility index (Phi) is 3.34. The number of H-pyrrole nitrogens is 2. The number of carbonyl (C=O) groups is 1. The fourth-order valence-corrected chi connectivity index (χ4v) is 3.13. The summed E-state index contributed by atoms with van der Waals surface area (Å²) in [6.07, 6.45) is 5.30. The minimum Gasteiger partial charge on any atom is -0.347 e. The molecule has 0 aliphatic carbocycles. The molecule has 7 heteroatoms. The molecule has 1 atom stereocenters. The number of para-hydroxylation sites is 1. The number of hydrogen-bond acceptors (Lipinski definition) is 4. The lowest BCUT2D eigenvalue weighted by Crippen LogP contribution is -2.49. The Morgan fingerprint density at radius 3 is 3.09 bits per heavy atom. The molecule has 4 rings (SSSR count). The van der Waals surface area contributed by atoms with Crippen LogP contribution in [-0.4, -0.2) is 62.6 Å². The average molecular weight is 310 g/mol. The summed E-state index contributed by atoms with van der Waals surface area (Å²) >= 11 is 0. The number of aromatic nitrogens is 4. The molecule has 3 heterocycles. The molecule has 3 aromatic rings. The molecule has 7 nitrogen and oxygen atoms in total. The standard InChI is InChI=1S/C16H18N6O/c1-21-7-8-22(10-13(21)15-17-5-6-18-15)16(23)12-4-2-3-11-9-19-20-14(11)12/h2-6,9,13H,7-8,10H2,1H3,(H,17,18)(H,19,20)/t13-/m0/s1. The average Bonchev–Trinajstić information content (AvgIpc) is 3.25. The zero-order chi connectivity index (χ0) is 15.8. The van der Waals surface area contributed by atoms with Crippen molar-refractivity contribution in [3.05, 3.63) is 48.2 Å². The summed E-state index contributed by atoms with van der Waals surface area (Å²) in [5, 5.41) is 7.92. The summed E-state index contributed by atoms with van der Waals surface area (Å²) in [5.74, 6) is 0.925. The molecule has 1 aliphatic rings. The number of carbonyl (C=O) groups excluding carboxylic acids is 1. The second kappa shape index (κ2) is 5.51. The Labute approximate surface area is 133 Å². The van der Waals surface area contributed by atoms with Gasteiger partial charge < -0.3 is 9.88 Å². The van der Waals surface area contributed by atoms with Gasteiger partial charge in [0.05, 0.1) is 23.3 Å². The van der Waals surface area contributed by atoms with Crippen LogP contribution in [0.2, 0.25) is 0 Å². The first-order chi connectivity index (χ1) is 11.2. The van der Waals surface area contributed by atoms with Crippen molar-refractivity contribution < 1.29 is 4.79 Å². The molecule has 1 fully saturated rings. The van der Waals surface area contributed by atoms with Gasteiger partial charge in [-0.1, -0.05) is 12.1 Å². The molecule has 1 aromatic carbocycles. The normalized spacial score (nSPS) is 19.3. The van der Waals surface area contributed by atoms with Gasteiger partial charge >= 0.3 is 0 Å². The molecule has 0 unspecified atom stereocenters. The van der Waals surface area contributed by atoms with Crippen molar-refractivity contribution >= 4 is 16.8 Å². The maximum absolute atomic E-state index is 13.0. The highest BCUT2D eigenvalue weighted by Gasteiger charge is 2.31. The van der Waals surface area contributed by atoms with Crippen molar-refractivity contribution in [2.75, 3.05) is 26.7 Å². The van der Waals surface area contributed by atoms with Crippen LogP contribution >= 0.6 is 0 Å². The molecule has 0 spiro atoms. The lowest BCUT2D eigenvalue weighted by Gasteiger charge is -2.38. The van der Waals surface area contributed by atoms with Gasteiger partial charge in [0.1, 0.15) is 5.82 Å². The van der Waals surface area contributed by atoms with E-state index in [9.17, 15) is 4.79 Å². The fourth-order valence-electron chi connectivity index (χ4n) is 3.13. The third kappa shape index (κ3) is 2.39. The lowest BCUT2D eigenvalue weighted by atomic mass is 10.1. The van der Waals surface area contributed by atoms with E-state index in [-0.39, 0.29) is 11.9 Å². The van der Waals surface area contributed by atoms with Crippen LogP contribution in [0.3, 0.4) is 0 Å². The molecule has 1 aliphatic heterocycles. The van der Waals surface area contributed by atoms with Gasteiger partial charge in [-0.05, 0) is 13.1 Å². The van der Waals surface area contributed by atoms with Crippen molar-refractivity contribution in [2.24, 2.45) is 0 Å². The van der Waals surface area contributed by atoms with Crippen LogP contribution < -0.4 is 0 Å². The monoisotopic (exact) mass is 310 g/mol. The number of aromatic amines is 2. The zero-order valence-corrected chi connectivity index (χ0v) is 12.9. The van der Waals surface area contributed by atoms with Gasteiger partial charge in [-0.25, -0.2) is 4.98 Å². The van der Waals surface area contributed by atoms with Gasteiger partial charge in [0, 0.05) is 37.4 Å². The Morgan fingerprint density at radius 2 is 2.26 bits per heavy atom. The maximum Gasteiger partial charge on any atom is 0.256 e. The molecule has 0 bridgehead atoms. The largest absolute Gasteiger partial charge is 0.347 e. The highest BCUT2D eigenvalue weighted by Crippen LogP contribution is 2.24. The van der Waals surface area contributed by atoms with Crippen LogP contribution in [0, 0.1) is 0 Å². The SMILES string of the molecule is CN1CCN(C(=O)c2cccc3cn[nH]c23)C[C@H]1c1ncc[nH]1. The topological polar surface area (TPSA) is 80.9 Å². The van der Waals surface area contributed by atoms with Gasteiger partial charge in [0.25, 0.3) is 5.91 Å². The van der Waals surface area contributed by atoms with Crippen molar-refractivity contribution in [3.63, 3.8) is 0 Å². The van der Waals surface area contributed by atoms with E-state index in [4.69, 9.17) is 0 Å². The number of nitrogens with one attached hydrogen (secondary N) is 2. The molecule has 2 N–H and O–H groups in total. The summed E-state index contributed by atoms with van der Waals surface area (Å²) in [6.45, 7) is 2.14. The van der Waals surface area contributed by atoms with Crippen LogP contribution in [0.4, 0.5) is 0 Å². The van der Waals surface area contributed by atoms with Crippen LogP contribution in [0.15, 0.2) is 36.8 Å². The highest BCUT2D eigenvalue weighted by atomic mass is 16.2. The fraction of sp³-hybridized carbons (Fsp3) is 0.312. The first-order valence-corrected chi connectivity index (χ1v) is 7.65. The van der Waals surface area contributed by atoms with E-state index in [1.165, 1.54) is 0 Å². The van der Waals surface area contributed by atoms with Crippen LogP contribution in [0.5, 0.6) is 0 Å². The summed E-state index contributed by atoms with van der Waals surface area (Å²) < 4.78 is 0. The third-order valence-corrected chi connectivity index (χ3v) is 4.48. The second-order valence-corrected chi connectivity index (χ2v) is 5.86. The zero-order valence-electron chi connectivity index (χ0n) is 12.9. The number of imidazole rings is 1. The molecular formula is C16H18N6O. The van der Waals surface area contributed by atoms with E-state index in [1.807, 2.05) is 29.3 Å². The van der Waals surface area contributed by atoms with Crippen LogP contribution in [-0.2, 0) is 0 Å².